The standard InChI is InChI=1S/C22H28BNO4/c1-16(24-20(25)26-15-17-9-7-6-8-10-17)18-11-13-19(14-12-18)23-27-21(2,3)22(4,5)28-23/h6-14,16H,15H2,1-5H3,(H,24,25)/t16-/m1/s1. The third kappa shape index (κ3) is 4.57. The Kier molecular flexibility index (Phi) is 5.82. The van der Waals surface area contributed by atoms with Gasteiger partial charge in [-0.1, -0.05) is 54.6 Å². The number of ether oxygens (including phenoxy) is 1. The number of hydrogen-bond donors (Lipinski definition) is 1. The van der Waals surface area contributed by atoms with Crippen LogP contribution in [0.4, 0.5) is 4.79 Å². The molecular formula is C22H28BNO4. The molecule has 1 fully saturated rings. The van der Waals surface area contributed by atoms with Crippen LogP contribution < -0.4 is 10.8 Å². The molecule has 0 radical (unpaired) electrons. The summed E-state index contributed by atoms with van der Waals surface area (Å²) < 4.78 is 17.4. The number of nitrogens with one attached hydrogen (secondary N) is 1. The van der Waals surface area contributed by atoms with Crippen LogP contribution in [0, 0.1) is 0 Å². The SMILES string of the molecule is C[C@@H](NC(=O)OCc1ccccc1)c1ccc(B2OC(C)(C)C(C)(C)O2)cc1. The van der Waals surface area contributed by atoms with Crippen LogP contribution in [0.5, 0.6) is 0 Å². The van der Waals surface area contributed by atoms with Gasteiger partial charge in [0.2, 0.25) is 0 Å². The van der Waals surface area contributed by atoms with Crippen LogP contribution in [0.15, 0.2) is 54.6 Å². The predicted molar refractivity (Wildman–Crippen MR) is 110 cm³/mol. The van der Waals surface area contributed by atoms with E-state index in [1.165, 1.54) is 0 Å². The van der Waals surface area contributed by atoms with Gasteiger partial charge in [0.25, 0.3) is 0 Å². The quantitative estimate of drug-likeness (QED) is 0.797. The number of benzene rings is 2. The van der Waals surface area contributed by atoms with Crippen molar-refractivity contribution in [2.75, 3.05) is 0 Å². The molecule has 1 saturated heterocycles. The summed E-state index contributed by atoms with van der Waals surface area (Å²) in [4.78, 5) is 12.0. The molecule has 5 nitrogen and oxygen atoms in total. The highest BCUT2D eigenvalue weighted by molar-refractivity contribution is 6.62. The highest BCUT2D eigenvalue weighted by Gasteiger charge is 2.51. The molecule has 1 aliphatic rings. The minimum Gasteiger partial charge on any atom is -0.445 e. The Morgan fingerprint density at radius 3 is 2.14 bits per heavy atom. The monoisotopic (exact) mass is 381 g/mol. The smallest absolute Gasteiger partial charge is 0.445 e. The minimum absolute atomic E-state index is 0.171. The van der Waals surface area contributed by atoms with Gasteiger partial charge < -0.3 is 19.4 Å². The van der Waals surface area contributed by atoms with Crippen LogP contribution >= 0.6 is 0 Å². The van der Waals surface area contributed by atoms with Crippen LogP contribution in [0.1, 0.15) is 51.8 Å². The van der Waals surface area contributed by atoms with E-state index in [-0.39, 0.29) is 23.9 Å². The van der Waals surface area contributed by atoms with E-state index in [0.29, 0.717) is 0 Å². The van der Waals surface area contributed by atoms with Crippen molar-refractivity contribution in [2.45, 2.75) is 58.5 Å². The second-order valence-corrected chi connectivity index (χ2v) is 8.18. The van der Waals surface area contributed by atoms with Gasteiger partial charge in [0.1, 0.15) is 6.61 Å². The second-order valence-electron chi connectivity index (χ2n) is 8.18. The van der Waals surface area contributed by atoms with E-state index in [4.69, 9.17) is 14.0 Å². The van der Waals surface area contributed by atoms with Crippen molar-refractivity contribution >= 4 is 18.7 Å². The maximum Gasteiger partial charge on any atom is 0.494 e. The Labute approximate surface area is 167 Å². The van der Waals surface area contributed by atoms with Gasteiger partial charge in [-0.15, -0.1) is 0 Å². The van der Waals surface area contributed by atoms with Crippen molar-refractivity contribution < 1.29 is 18.8 Å². The molecule has 0 aliphatic carbocycles. The molecule has 3 rings (SSSR count). The number of amides is 1. The van der Waals surface area contributed by atoms with Gasteiger partial charge in [-0.25, -0.2) is 4.79 Å². The Hall–Kier alpha value is -2.31. The molecular weight excluding hydrogens is 353 g/mol. The summed E-state index contributed by atoms with van der Waals surface area (Å²) in [5, 5.41) is 2.86. The molecule has 6 heteroatoms. The van der Waals surface area contributed by atoms with Gasteiger partial charge in [0, 0.05) is 0 Å². The highest BCUT2D eigenvalue weighted by atomic mass is 16.7. The fourth-order valence-corrected chi connectivity index (χ4v) is 2.95. The lowest BCUT2D eigenvalue weighted by atomic mass is 9.78. The molecule has 28 heavy (non-hydrogen) atoms. The number of rotatable bonds is 5. The number of carbonyl (C=O) groups excluding carboxylic acids is 1. The molecule has 1 aliphatic heterocycles. The zero-order chi connectivity index (χ0) is 20.4. The Morgan fingerprint density at radius 2 is 1.57 bits per heavy atom. The van der Waals surface area contributed by atoms with Crippen LogP contribution in [-0.2, 0) is 20.7 Å². The molecule has 1 heterocycles. The average Bonchev–Trinajstić information content (AvgIpc) is 2.88. The van der Waals surface area contributed by atoms with Gasteiger partial charge in [0.05, 0.1) is 17.2 Å². The molecule has 2 aromatic carbocycles. The van der Waals surface area contributed by atoms with E-state index in [9.17, 15) is 4.79 Å². The van der Waals surface area contributed by atoms with Gasteiger partial charge in [0.15, 0.2) is 0 Å². The van der Waals surface area contributed by atoms with Crippen LogP contribution in [0.3, 0.4) is 0 Å². The van der Waals surface area contributed by atoms with Gasteiger partial charge >= 0.3 is 13.2 Å². The van der Waals surface area contributed by atoms with Gasteiger partial charge in [-0.05, 0) is 51.2 Å². The van der Waals surface area contributed by atoms with E-state index in [1.807, 2.05) is 89.2 Å². The van der Waals surface area contributed by atoms with Crippen molar-refractivity contribution in [1.82, 2.24) is 5.32 Å². The number of hydrogen-bond acceptors (Lipinski definition) is 4. The topological polar surface area (TPSA) is 56.8 Å². The third-order valence-electron chi connectivity index (χ3n) is 5.51. The fourth-order valence-electron chi connectivity index (χ4n) is 2.95. The van der Waals surface area contributed by atoms with E-state index >= 15 is 0 Å². The van der Waals surface area contributed by atoms with E-state index in [1.54, 1.807) is 0 Å². The average molecular weight is 381 g/mol. The maximum absolute atomic E-state index is 12.0. The zero-order valence-electron chi connectivity index (χ0n) is 17.2. The molecule has 0 saturated carbocycles. The van der Waals surface area contributed by atoms with E-state index in [2.05, 4.69) is 5.32 Å². The maximum atomic E-state index is 12.0. The normalized spacial score (nSPS) is 18.5. The summed E-state index contributed by atoms with van der Waals surface area (Å²) in [6.45, 7) is 10.3. The summed E-state index contributed by atoms with van der Waals surface area (Å²) >= 11 is 0. The lowest BCUT2D eigenvalue weighted by Crippen LogP contribution is -2.41. The minimum atomic E-state index is -0.439. The number of carbonyl (C=O) groups is 1. The molecule has 0 unspecified atom stereocenters. The highest BCUT2D eigenvalue weighted by Crippen LogP contribution is 2.36. The van der Waals surface area contributed by atoms with Crippen molar-refractivity contribution in [2.24, 2.45) is 0 Å². The van der Waals surface area contributed by atoms with Gasteiger partial charge in [-0.2, -0.15) is 0 Å². The van der Waals surface area contributed by atoms with E-state index < -0.39 is 13.2 Å². The van der Waals surface area contributed by atoms with Crippen LogP contribution in [-0.4, -0.2) is 24.4 Å². The Bertz CT molecular complexity index is 789. The number of alkyl carbamates (subject to hydrolysis) is 1. The van der Waals surface area contributed by atoms with Crippen LogP contribution in [0.25, 0.3) is 0 Å². The largest absolute Gasteiger partial charge is 0.494 e. The summed E-state index contributed by atoms with van der Waals surface area (Å²) in [5.41, 5.74) is 2.16. The lowest BCUT2D eigenvalue weighted by Gasteiger charge is -2.32. The first-order valence-corrected chi connectivity index (χ1v) is 9.61. The third-order valence-corrected chi connectivity index (χ3v) is 5.51. The predicted octanol–water partition coefficient (Wildman–Crippen LogP) is 3.97. The lowest BCUT2D eigenvalue weighted by molar-refractivity contribution is 0.00578. The van der Waals surface area contributed by atoms with E-state index in [0.717, 1.165) is 16.6 Å². The van der Waals surface area contributed by atoms with Crippen molar-refractivity contribution in [3.8, 4) is 0 Å². The fraction of sp³-hybridized carbons (Fsp3) is 0.409. The molecule has 0 aromatic heterocycles. The first-order valence-electron chi connectivity index (χ1n) is 9.61. The summed E-state index contributed by atoms with van der Waals surface area (Å²) in [6.07, 6.45) is -0.439. The van der Waals surface area contributed by atoms with Crippen molar-refractivity contribution in [1.29, 1.82) is 0 Å². The summed E-state index contributed by atoms with van der Waals surface area (Å²) in [6, 6.07) is 17.3. The molecule has 1 amide bonds. The Morgan fingerprint density at radius 1 is 1.00 bits per heavy atom. The van der Waals surface area contributed by atoms with Crippen molar-refractivity contribution in [3.05, 3.63) is 65.7 Å². The first-order chi connectivity index (χ1) is 13.2. The summed E-state index contributed by atoms with van der Waals surface area (Å²) in [5.74, 6) is 0. The summed E-state index contributed by atoms with van der Waals surface area (Å²) in [7, 11) is -0.391. The second kappa shape index (κ2) is 7.98. The molecule has 0 spiro atoms. The molecule has 0 bridgehead atoms. The molecule has 1 atom stereocenters. The first kappa shape index (κ1) is 20.4. The molecule has 1 N–H and O–H groups in total. The zero-order valence-corrected chi connectivity index (χ0v) is 17.2. The Balaban J connectivity index is 1.55. The van der Waals surface area contributed by atoms with Crippen LogP contribution in [0.2, 0.25) is 0 Å². The van der Waals surface area contributed by atoms with Crippen molar-refractivity contribution in [3.63, 3.8) is 0 Å². The molecule has 148 valence electrons. The molecule has 2 aromatic rings. The van der Waals surface area contributed by atoms with Gasteiger partial charge in [-0.3, -0.25) is 0 Å².